The van der Waals surface area contributed by atoms with Crippen LogP contribution in [0.15, 0.2) is 40.4 Å². The van der Waals surface area contributed by atoms with E-state index in [-0.39, 0.29) is 5.25 Å². The van der Waals surface area contributed by atoms with E-state index in [0.717, 1.165) is 23.8 Å². The molecule has 114 valence electrons. The molecular weight excluding hydrogens is 300 g/mol. The van der Waals surface area contributed by atoms with Crippen LogP contribution in [0, 0.1) is 6.92 Å². The van der Waals surface area contributed by atoms with Crippen molar-refractivity contribution in [3.63, 3.8) is 0 Å². The number of hydrogen-bond acceptors (Lipinski definition) is 7. The average Bonchev–Trinajstić information content (AvgIpc) is 3.15. The summed E-state index contributed by atoms with van der Waals surface area (Å²) in [5, 5.41) is 12.8. The second kappa shape index (κ2) is 6.69. The van der Waals surface area contributed by atoms with Crippen molar-refractivity contribution in [3.05, 3.63) is 48.1 Å². The Kier molecular flexibility index (Phi) is 4.47. The highest BCUT2D eigenvalue weighted by molar-refractivity contribution is 7.99. The Morgan fingerprint density at radius 3 is 3.00 bits per heavy atom. The van der Waals surface area contributed by atoms with E-state index < -0.39 is 0 Å². The molecule has 3 rings (SSSR count). The lowest BCUT2D eigenvalue weighted by molar-refractivity contribution is 0.376. The minimum Gasteiger partial charge on any atom is -0.338 e. The molecule has 22 heavy (non-hydrogen) atoms. The Bertz CT molecular complexity index is 726. The Morgan fingerprint density at radius 2 is 2.27 bits per heavy atom. The highest BCUT2D eigenvalue weighted by atomic mass is 32.2. The van der Waals surface area contributed by atoms with Gasteiger partial charge in [-0.2, -0.15) is 4.98 Å². The first-order chi connectivity index (χ1) is 10.7. The molecule has 3 aromatic heterocycles. The SMILES string of the molecule is Cc1noc(C(C)Sc2nncn2CCc2ccccn2)n1. The van der Waals surface area contributed by atoms with Crippen molar-refractivity contribution in [2.45, 2.75) is 37.2 Å². The molecule has 0 bridgehead atoms. The Balaban J connectivity index is 1.64. The van der Waals surface area contributed by atoms with Crippen molar-refractivity contribution in [2.75, 3.05) is 0 Å². The molecule has 1 atom stereocenters. The summed E-state index contributed by atoms with van der Waals surface area (Å²) in [7, 11) is 0. The molecule has 0 fully saturated rings. The van der Waals surface area contributed by atoms with Crippen LogP contribution in [0.25, 0.3) is 0 Å². The van der Waals surface area contributed by atoms with Crippen LogP contribution in [-0.4, -0.2) is 29.9 Å². The molecule has 0 saturated heterocycles. The van der Waals surface area contributed by atoms with Gasteiger partial charge in [-0.3, -0.25) is 4.98 Å². The molecule has 7 nitrogen and oxygen atoms in total. The predicted molar refractivity (Wildman–Crippen MR) is 81.3 cm³/mol. The molecule has 3 aromatic rings. The number of pyridine rings is 1. The topological polar surface area (TPSA) is 82.5 Å². The van der Waals surface area contributed by atoms with Gasteiger partial charge in [0.25, 0.3) is 0 Å². The standard InChI is InChI=1S/C14H16N6OS/c1-10(13-17-11(2)19-21-13)22-14-18-16-9-20(14)8-6-12-5-3-4-7-15-12/h3-5,7,9-10H,6,8H2,1-2H3. The van der Waals surface area contributed by atoms with Crippen LogP contribution in [-0.2, 0) is 13.0 Å². The average molecular weight is 316 g/mol. The molecule has 1 unspecified atom stereocenters. The molecule has 0 N–H and O–H groups in total. The molecule has 0 spiro atoms. The first-order valence-corrected chi connectivity index (χ1v) is 7.85. The molecule has 0 radical (unpaired) electrons. The molecule has 0 aliphatic carbocycles. The monoisotopic (exact) mass is 316 g/mol. The van der Waals surface area contributed by atoms with Crippen molar-refractivity contribution < 1.29 is 4.52 Å². The number of hydrogen-bond donors (Lipinski definition) is 0. The summed E-state index contributed by atoms with van der Waals surface area (Å²) in [5.41, 5.74) is 1.05. The lowest BCUT2D eigenvalue weighted by atomic mass is 10.3. The van der Waals surface area contributed by atoms with Gasteiger partial charge >= 0.3 is 0 Å². The summed E-state index contributed by atoms with van der Waals surface area (Å²) in [6.45, 7) is 4.59. The van der Waals surface area contributed by atoms with E-state index in [2.05, 4.69) is 25.3 Å². The van der Waals surface area contributed by atoms with Gasteiger partial charge in [-0.1, -0.05) is 23.0 Å². The third kappa shape index (κ3) is 3.51. The number of rotatable bonds is 6. The fraction of sp³-hybridized carbons (Fsp3) is 0.357. The van der Waals surface area contributed by atoms with Gasteiger partial charge in [0.15, 0.2) is 11.0 Å². The first-order valence-electron chi connectivity index (χ1n) is 6.97. The maximum atomic E-state index is 5.19. The van der Waals surface area contributed by atoms with Crippen molar-refractivity contribution in [3.8, 4) is 0 Å². The van der Waals surface area contributed by atoms with Crippen LogP contribution in [0.5, 0.6) is 0 Å². The van der Waals surface area contributed by atoms with Crippen LogP contribution >= 0.6 is 11.8 Å². The van der Waals surface area contributed by atoms with E-state index in [0.29, 0.717) is 11.7 Å². The third-order valence-electron chi connectivity index (χ3n) is 3.09. The lowest BCUT2D eigenvalue weighted by Gasteiger charge is -2.08. The van der Waals surface area contributed by atoms with Crippen molar-refractivity contribution in [2.24, 2.45) is 0 Å². The fourth-order valence-corrected chi connectivity index (χ4v) is 2.84. The molecule has 0 amide bonds. The summed E-state index contributed by atoms with van der Waals surface area (Å²) < 4.78 is 7.21. The Labute approximate surface area is 132 Å². The van der Waals surface area contributed by atoms with Crippen LogP contribution in [0.2, 0.25) is 0 Å². The van der Waals surface area contributed by atoms with E-state index in [4.69, 9.17) is 4.52 Å². The molecule has 0 aliphatic rings. The van der Waals surface area contributed by atoms with Gasteiger partial charge < -0.3 is 9.09 Å². The van der Waals surface area contributed by atoms with Crippen LogP contribution in [0.4, 0.5) is 0 Å². The van der Waals surface area contributed by atoms with Crippen LogP contribution in [0.3, 0.4) is 0 Å². The summed E-state index contributed by atoms with van der Waals surface area (Å²) in [4.78, 5) is 8.57. The minimum absolute atomic E-state index is 0.0269. The third-order valence-corrected chi connectivity index (χ3v) is 4.17. The van der Waals surface area contributed by atoms with Gasteiger partial charge in [0.05, 0.1) is 5.25 Å². The lowest BCUT2D eigenvalue weighted by Crippen LogP contribution is -2.04. The van der Waals surface area contributed by atoms with E-state index in [1.807, 2.05) is 29.7 Å². The van der Waals surface area contributed by atoms with Crippen molar-refractivity contribution >= 4 is 11.8 Å². The summed E-state index contributed by atoms with van der Waals surface area (Å²) in [5.74, 6) is 1.24. The van der Waals surface area contributed by atoms with E-state index in [9.17, 15) is 0 Å². The van der Waals surface area contributed by atoms with Gasteiger partial charge in [0.2, 0.25) is 5.89 Å². The highest BCUT2D eigenvalue weighted by Crippen LogP contribution is 2.32. The maximum Gasteiger partial charge on any atom is 0.239 e. The van der Waals surface area contributed by atoms with Gasteiger partial charge in [-0.15, -0.1) is 10.2 Å². The van der Waals surface area contributed by atoms with Crippen molar-refractivity contribution in [1.82, 2.24) is 29.9 Å². The number of aromatic nitrogens is 6. The maximum absolute atomic E-state index is 5.19. The molecule has 0 aromatic carbocycles. The van der Waals surface area contributed by atoms with Gasteiger partial charge in [0.1, 0.15) is 6.33 Å². The molecular formula is C14H16N6OS. The second-order valence-corrected chi connectivity index (χ2v) is 6.13. The molecule has 3 heterocycles. The normalized spacial score (nSPS) is 12.5. The van der Waals surface area contributed by atoms with Crippen LogP contribution in [0.1, 0.15) is 29.6 Å². The largest absolute Gasteiger partial charge is 0.338 e. The number of aryl methyl sites for hydroxylation is 3. The zero-order chi connectivity index (χ0) is 15.4. The van der Waals surface area contributed by atoms with Crippen molar-refractivity contribution in [1.29, 1.82) is 0 Å². The zero-order valence-electron chi connectivity index (χ0n) is 12.4. The summed E-state index contributed by atoms with van der Waals surface area (Å²) in [6.07, 6.45) is 4.37. The zero-order valence-corrected chi connectivity index (χ0v) is 13.2. The fourth-order valence-electron chi connectivity index (χ4n) is 1.96. The van der Waals surface area contributed by atoms with Gasteiger partial charge in [-0.25, -0.2) is 0 Å². The molecule has 0 saturated carbocycles. The molecule has 8 heteroatoms. The highest BCUT2D eigenvalue weighted by Gasteiger charge is 2.17. The quantitative estimate of drug-likeness (QED) is 0.646. The van der Waals surface area contributed by atoms with Gasteiger partial charge in [-0.05, 0) is 26.0 Å². The minimum atomic E-state index is 0.0269. The smallest absolute Gasteiger partial charge is 0.239 e. The predicted octanol–water partition coefficient (Wildman–Crippen LogP) is 2.46. The van der Waals surface area contributed by atoms with Gasteiger partial charge in [0, 0.05) is 24.9 Å². The summed E-state index contributed by atoms with van der Waals surface area (Å²) >= 11 is 1.55. The molecule has 0 aliphatic heterocycles. The Morgan fingerprint density at radius 1 is 1.36 bits per heavy atom. The second-order valence-electron chi connectivity index (χ2n) is 4.82. The van der Waals surface area contributed by atoms with Crippen LogP contribution < -0.4 is 0 Å². The number of nitrogens with zero attached hydrogens (tertiary/aromatic N) is 6. The van der Waals surface area contributed by atoms with E-state index in [1.54, 1.807) is 31.2 Å². The van der Waals surface area contributed by atoms with E-state index >= 15 is 0 Å². The Hall–Kier alpha value is -2.22. The number of thioether (sulfide) groups is 1. The first kappa shape index (κ1) is 14.7. The van der Waals surface area contributed by atoms with E-state index in [1.165, 1.54) is 0 Å². The summed E-state index contributed by atoms with van der Waals surface area (Å²) in [6, 6.07) is 5.92.